The van der Waals surface area contributed by atoms with E-state index in [0.29, 0.717) is 10.0 Å². The summed E-state index contributed by atoms with van der Waals surface area (Å²) < 4.78 is 0. The molecule has 1 aliphatic rings. The number of carbonyl (C=O) groups excluding carboxylic acids is 1. The van der Waals surface area contributed by atoms with Crippen LogP contribution in [0, 0.1) is 0 Å². The maximum Gasteiger partial charge on any atom is 0.255 e. The van der Waals surface area contributed by atoms with Gasteiger partial charge >= 0.3 is 0 Å². The van der Waals surface area contributed by atoms with Crippen LogP contribution >= 0.6 is 23.2 Å². The van der Waals surface area contributed by atoms with Crippen LogP contribution in [0.25, 0.3) is 22.2 Å². The molecule has 3 nitrogen and oxygen atoms in total. The first-order chi connectivity index (χ1) is 17.0. The van der Waals surface area contributed by atoms with E-state index >= 15 is 0 Å². The van der Waals surface area contributed by atoms with Crippen LogP contribution < -0.4 is 0 Å². The Morgan fingerprint density at radius 3 is 2.34 bits per heavy atom. The van der Waals surface area contributed by atoms with Gasteiger partial charge in [-0.2, -0.15) is 0 Å². The number of aromatic amines is 1. The monoisotopic (exact) mass is 496 g/mol. The molecule has 0 fully saturated rings. The van der Waals surface area contributed by atoms with Crippen LogP contribution in [0.1, 0.15) is 46.1 Å². The summed E-state index contributed by atoms with van der Waals surface area (Å²) in [4.78, 5) is 19.5. The maximum absolute atomic E-state index is 13.9. The number of para-hydroxylation sites is 1. The minimum atomic E-state index is -0.285. The molecule has 172 valence electrons. The molecule has 1 amide bonds. The number of carbonyl (C=O) groups is 1. The Hall–Kier alpha value is -3.53. The lowest BCUT2D eigenvalue weighted by Crippen LogP contribution is -2.31. The van der Waals surface area contributed by atoms with E-state index in [9.17, 15) is 4.79 Å². The smallest absolute Gasteiger partial charge is 0.255 e. The second-order valence-electron chi connectivity index (χ2n) is 8.87. The van der Waals surface area contributed by atoms with Crippen LogP contribution in [-0.2, 0) is 0 Å². The van der Waals surface area contributed by atoms with Gasteiger partial charge in [-0.05, 0) is 48.4 Å². The van der Waals surface area contributed by atoms with E-state index in [-0.39, 0.29) is 18.0 Å². The van der Waals surface area contributed by atoms with Crippen LogP contribution in [0.2, 0.25) is 10.0 Å². The molecule has 0 radical (unpaired) electrons. The molecule has 0 saturated heterocycles. The third kappa shape index (κ3) is 3.54. The van der Waals surface area contributed by atoms with Crippen molar-refractivity contribution in [1.82, 2.24) is 9.88 Å². The van der Waals surface area contributed by atoms with E-state index in [0.717, 1.165) is 44.4 Å². The number of hydrogen-bond donors (Lipinski definition) is 1. The summed E-state index contributed by atoms with van der Waals surface area (Å²) >= 11 is 12.9. The molecule has 4 aromatic carbocycles. The zero-order valence-electron chi connectivity index (χ0n) is 19.0. The summed E-state index contributed by atoms with van der Waals surface area (Å²) in [6.07, 6.45) is 0. The molecule has 0 unspecified atom stereocenters. The van der Waals surface area contributed by atoms with Crippen LogP contribution in [0.15, 0.2) is 97.1 Å². The van der Waals surface area contributed by atoms with Gasteiger partial charge in [0.15, 0.2) is 0 Å². The summed E-state index contributed by atoms with van der Waals surface area (Å²) in [7, 11) is 0. The predicted octanol–water partition coefficient (Wildman–Crippen LogP) is 8.45. The van der Waals surface area contributed by atoms with Crippen molar-refractivity contribution >= 4 is 40.0 Å². The lowest BCUT2D eigenvalue weighted by Gasteiger charge is -2.32. The van der Waals surface area contributed by atoms with E-state index in [4.69, 9.17) is 23.2 Å². The van der Waals surface area contributed by atoms with Crippen molar-refractivity contribution in [2.24, 2.45) is 0 Å². The molecule has 0 saturated carbocycles. The van der Waals surface area contributed by atoms with Gasteiger partial charge in [-0.1, -0.05) is 89.9 Å². The Morgan fingerprint density at radius 2 is 1.54 bits per heavy atom. The number of hydrogen-bond acceptors (Lipinski definition) is 1. The van der Waals surface area contributed by atoms with Gasteiger partial charge in [-0.3, -0.25) is 4.79 Å². The van der Waals surface area contributed by atoms with Crippen molar-refractivity contribution in [2.45, 2.75) is 19.0 Å². The van der Waals surface area contributed by atoms with E-state index < -0.39 is 0 Å². The van der Waals surface area contributed by atoms with Crippen molar-refractivity contribution in [3.05, 3.63) is 129 Å². The zero-order chi connectivity index (χ0) is 24.1. The SMILES string of the molecule is C[C@@H](c1ccccc1)N1C(=O)c2ccccc2[C@@H]1c1c(-c2ccc(Cl)cc2Cl)[nH]c2ccccc12. The standard InChI is InChI=1S/C30H22Cl2N2O/c1-18(19-9-3-2-4-10-19)34-29(21-11-5-6-12-22(21)30(34)35)27-24-13-7-8-14-26(24)33-28(27)23-16-15-20(31)17-25(23)32/h2-18,29,33H,1H3/t18-,29+/m0/s1. The number of aromatic nitrogens is 1. The van der Waals surface area contributed by atoms with E-state index in [2.05, 4.69) is 42.2 Å². The van der Waals surface area contributed by atoms with Crippen molar-refractivity contribution in [2.75, 3.05) is 0 Å². The minimum absolute atomic E-state index is 0.0281. The van der Waals surface area contributed by atoms with Crippen molar-refractivity contribution in [1.29, 1.82) is 0 Å². The van der Waals surface area contributed by atoms with Crippen LogP contribution in [0.5, 0.6) is 0 Å². The summed E-state index contributed by atoms with van der Waals surface area (Å²) in [6.45, 7) is 2.09. The molecule has 0 bridgehead atoms. The second kappa shape index (κ2) is 8.60. The lowest BCUT2D eigenvalue weighted by atomic mass is 9.92. The number of nitrogens with zero attached hydrogens (tertiary/aromatic N) is 1. The summed E-state index contributed by atoms with van der Waals surface area (Å²) in [5, 5.41) is 2.20. The number of H-pyrrole nitrogens is 1. The second-order valence-corrected chi connectivity index (χ2v) is 9.72. The lowest BCUT2D eigenvalue weighted by molar-refractivity contribution is 0.0678. The molecule has 1 aromatic heterocycles. The Bertz CT molecular complexity index is 1570. The van der Waals surface area contributed by atoms with E-state index in [1.165, 1.54) is 0 Å². The van der Waals surface area contributed by atoms with Gasteiger partial charge in [-0.15, -0.1) is 0 Å². The molecule has 35 heavy (non-hydrogen) atoms. The molecule has 1 aliphatic heterocycles. The van der Waals surface area contributed by atoms with Gasteiger partial charge in [0, 0.05) is 32.6 Å². The molecular formula is C30H22Cl2N2O. The summed E-state index contributed by atoms with van der Waals surface area (Å²) in [5.41, 5.74) is 6.59. The first-order valence-corrected chi connectivity index (χ1v) is 12.3. The molecule has 2 atom stereocenters. The fourth-order valence-corrected chi connectivity index (χ4v) is 5.78. The van der Waals surface area contributed by atoms with E-state index in [1.807, 2.05) is 65.6 Å². The van der Waals surface area contributed by atoms with Gasteiger partial charge in [0.2, 0.25) is 0 Å². The molecule has 5 heteroatoms. The highest BCUT2D eigenvalue weighted by Crippen LogP contribution is 2.49. The predicted molar refractivity (Wildman–Crippen MR) is 143 cm³/mol. The van der Waals surface area contributed by atoms with Crippen molar-refractivity contribution < 1.29 is 4.79 Å². The molecule has 2 heterocycles. The summed E-state index contributed by atoms with van der Waals surface area (Å²) in [6, 6.07) is 31.4. The topological polar surface area (TPSA) is 36.1 Å². The maximum atomic E-state index is 13.9. The fourth-order valence-electron chi connectivity index (χ4n) is 5.27. The Balaban J connectivity index is 1.64. The molecular weight excluding hydrogens is 475 g/mol. The third-order valence-corrected chi connectivity index (χ3v) is 7.47. The van der Waals surface area contributed by atoms with E-state index in [1.54, 1.807) is 6.07 Å². The third-order valence-electron chi connectivity index (χ3n) is 6.92. The van der Waals surface area contributed by atoms with Gasteiger partial charge < -0.3 is 9.88 Å². The number of amides is 1. The summed E-state index contributed by atoms with van der Waals surface area (Å²) in [5.74, 6) is 0.0281. The highest BCUT2D eigenvalue weighted by Gasteiger charge is 2.42. The fraction of sp³-hybridized carbons (Fsp3) is 0.100. The van der Waals surface area contributed by atoms with Gasteiger partial charge in [0.1, 0.15) is 0 Å². The average Bonchev–Trinajstić information content (AvgIpc) is 3.39. The highest BCUT2D eigenvalue weighted by atomic mass is 35.5. The minimum Gasteiger partial charge on any atom is -0.354 e. The first-order valence-electron chi connectivity index (χ1n) is 11.6. The van der Waals surface area contributed by atoms with Gasteiger partial charge in [0.25, 0.3) is 5.91 Å². The van der Waals surface area contributed by atoms with Crippen LogP contribution in [0.3, 0.4) is 0 Å². The molecule has 6 rings (SSSR count). The highest BCUT2D eigenvalue weighted by molar-refractivity contribution is 6.36. The van der Waals surface area contributed by atoms with Crippen LogP contribution in [-0.4, -0.2) is 15.8 Å². The average molecular weight is 497 g/mol. The first kappa shape index (κ1) is 22.0. The molecule has 0 spiro atoms. The van der Waals surface area contributed by atoms with Gasteiger partial charge in [0.05, 0.1) is 22.8 Å². The number of halogens is 2. The van der Waals surface area contributed by atoms with Crippen molar-refractivity contribution in [3.63, 3.8) is 0 Å². The van der Waals surface area contributed by atoms with Gasteiger partial charge in [-0.25, -0.2) is 0 Å². The number of fused-ring (bicyclic) bond motifs is 2. The molecule has 1 N–H and O–H groups in total. The number of benzene rings is 4. The largest absolute Gasteiger partial charge is 0.354 e. The number of rotatable bonds is 4. The van der Waals surface area contributed by atoms with Crippen molar-refractivity contribution in [3.8, 4) is 11.3 Å². The molecule has 0 aliphatic carbocycles. The number of nitrogens with one attached hydrogen (secondary N) is 1. The Morgan fingerprint density at radius 1 is 0.829 bits per heavy atom. The zero-order valence-corrected chi connectivity index (χ0v) is 20.5. The molecule has 5 aromatic rings. The Kier molecular flexibility index (Phi) is 5.40. The van der Waals surface area contributed by atoms with Crippen LogP contribution in [0.4, 0.5) is 0 Å². The quantitative estimate of drug-likeness (QED) is 0.266. The normalized spacial score (nSPS) is 16.0. The Labute approximate surface area is 213 Å².